The fraction of sp³-hybridized carbons (Fsp3) is 0.250. The van der Waals surface area contributed by atoms with E-state index in [0.29, 0.717) is 0 Å². The van der Waals surface area contributed by atoms with E-state index in [0.717, 1.165) is 17.1 Å². The van der Waals surface area contributed by atoms with Gasteiger partial charge in [0.2, 0.25) is 11.9 Å². The molecule has 2 N–H and O–H groups in total. The molecule has 100 valence electrons. The van der Waals surface area contributed by atoms with Gasteiger partial charge >= 0.3 is 11.7 Å². The number of rotatable bonds is 5. The van der Waals surface area contributed by atoms with E-state index in [-0.39, 0.29) is 24.2 Å². The number of carbonyl (C=O) groups excluding carboxylic acids is 1. The molecule has 0 spiro atoms. The van der Waals surface area contributed by atoms with Crippen LogP contribution in [0.15, 0.2) is 12.4 Å². The molecule has 0 aliphatic heterocycles. The minimum atomic E-state index is -0.595. The van der Waals surface area contributed by atoms with Crippen LogP contribution in [0.5, 0.6) is 6.01 Å². The average Bonchev–Trinajstić information content (AvgIpc) is 2.98. The average molecular weight is 267 g/mol. The van der Waals surface area contributed by atoms with Gasteiger partial charge in [0.15, 0.2) is 0 Å². The molecule has 0 saturated carbocycles. The summed E-state index contributed by atoms with van der Waals surface area (Å²) in [7, 11) is 1.39. The lowest BCUT2D eigenvalue weighted by Gasteiger charge is -2.00. The maximum atomic E-state index is 11.6. The predicted octanol–water partition coefficient (Wildman–Crippen LogP) is -0.443. The van der Waals surface area contributed by atoms with Gasteiger partial charge in [0.05, 0.1) is 12.0 Å². The second kappa shape index (κ2) is 5.12. The van der Waals surface area contributed by atoms with Crippen LogP contribution in [0.4, 0.5) is 11.6 Å². The molecule has 1 amide bonds. The Bertz CT molecular complexity index is 604. The van der Waals surface area contributed by atoms with E-state index in [2.05, 4.69) is 25.6 Å². The Morgan fingerprint density at radius 3 is 3.05 bits per heavy atom. The zero-order valence-electron chi connectivity index (χ0n) is 9.73. The lowest BCUT2D eigenvalue weighted by molar-refractivity contribution is -0.385. The van der Waals surface area contributed by atoms with Gasteiger partial charge in [-0.25, -0.2) is 5.10 Å². The van der Waals surface area contributed by atoms with Gasteiger partial charge in [-0.05, 0) is 0 Å². The summed E-state index contributed by atoms with van der Waals surface area (Å²) in [5, 5.41) is 22.6. The van der Waals surface area contributed by atoms with Crippen LogP contribution >= 0.6 is 0 Å². The van der Waals surface area contributed by atoms with Crippen LogP contribution in [0.3, 0.4) is 0 Å². The Labute approximate surface area is 105 Å². The standard InChI is InChI=1S/C8H9N7O4/c1-19-8-11-7(12-13-8)10-6(16)4-14-3-5(2-9-14)15(17)18/h2-3H,4H2,1H3,(H2,10,11,12,13,16). The second-order valence-electron chi connectivity index (χ2n) is 3.37. The maximum absolute atomic E-state index is 11.6. The number of nitrogens with one attached hydrogen (secondary N) is 2. The van der Waals surface area contributed by atoms with Crippen molar-refractivity contribution in [2.45, 2.75) is 6.54 Å². The summed E-state index contributed by atoms with van der Waals surface area (Å²) in [5.74, 6) is -0.347. The minimum Gasteiger partial charge on any atom is -0.466 e. The fourth-order valence-corrected chi connectivity index (χ4v) is 1.25. The molecule has 11 heteroatoms. The molecule has 0 unspecified atom stereocenters. The Kier molecular flexibility index (Phi) is 3.36. The van der Waals surface area contributed by atoms with Crippen molar-refractivity contribution < 1.29 is 14.5 Å². The highest BCUT2D eigenvalue weighted by Crippen LogP contribution is 2.08. The molecule has 0 radical (unpaired) electrons. The van der Waals surface area contributed by atoms with Crippen molar-refractivity contribution in [1.29, 1.82) is 0 Å². The fourth-order valence-electron chi connectivity index (χ4n) is 1.25. The molecule has 2 rings (SSSR count). The summed E-state index contributed by atoms with van der Waals surface area (Å²) in [5.41, 5.74) is -0.186. The summed E-state index contributed by atoms with van der Waals surface area (Å²) in [4.78, 5) is 25.2. The highest BCUT2D eigenvalue weighted by Gasteiger charge is 2.12. The molecule has 0 aliphatic carbocycles. The van der Waals surface area contributed by atoms with Gasteiger partial charge in [-0.1, -0.05) is 0 Å². The third-order valence-electron chi connectivity index (χ3n) is 2.04. The molecule has 2 aromatic rings. The molecule has 2 aromatic heterocycles. The molecule has 2 heterocycles. The summed E-state index contributed by atoms with van der Waals surface area (Å²) in [6.45, 7) is -0.184. The van der Waals surface area contributed by atoms with Crippen molar-refractivity contribution in [3.05, 3.63) is 22.5 Å². The Morgan fingerprint density at radius 1 is 1.68 bits per heavy atom. The van der Waals surface area contributed by atoms with Crippen LogP contribution in [0.2, 0.25) is 0 Å². The summed E-state index contributed by atoms with van der Waals surface area (Å²) >= 11 is 0. The maximum Gasteiger partial charge on any atom is 0.336 e. The van der Waals surface area contributed by atoms with Gasteiger partial charge in [0.25, 0.3) is 0 Å². The first-order chi connectivity index (χ1) is 9.08. The van der Waals surface area contributed by atoms with Crippen molar-refractivity contribution in [1.82, 2.24) is 25.0 Å². The molecule has 11 nitrogen and oxygen atoms in total. The third kappa shape index (κ3) is 3.02. The number of hydrogen-bond acceptors (Lipinski definition) is 7. The van der Waals surface area contributed by atoms with Gasteiger partial charge in [-0.2, -0.15) is 10.1 Å². The number of carbonyl (C=O) groups is 1. The Hall–Kier alpha value is -2.98. The number of aromatic nitrogens is 5. The lowest BCUT2D eigenvalue weighted by atomic mass is 10.5. The predicted molar refractivity (Wildman–Crippen MR) is 60.4 cm³/mol. The summed E-state index contributed by atoms with van der Waals surface area (Å²) in [6, 6.07) is 0.0880. The molecule has 0 saturated heterocycles. The number of nitro groups is 1. The van der Waals surface area contributed by atoms with Crippen LogP contribution in [0.25, 0.3) is 0 Å². The number of H-pyrrole nitrogens is 1. The zero-order valence-corrected chi connectivity index (χ0v) is 9.73. The van der Waals surface area contributed by atoms with Crippen LogP contribution in [-0.2, 0) is 11.3 Å². The normalized spacial score (nSPS) is 10.2. The van der Waals surface area contributed by atoms with E-state index in [4.69, 9.17) is 4.74 Å². The third-order valence-corrected chi connectivity index (χ3v) is 2.04. The lowest BCUT2D eigenvalue weighted by Crippen LogP contribution is -2.19. The first-order valence-corrected chi connectivity index (χ1v) is 5.01. The smallest absolute Gasteiger partial charge is 0.336 e. The van der Waals surface area contributed by atoms with Crippen molar-refractivity contribution >= 4 is 17.5 Å². The van der Waals surface area contributed by atoms with Crippen LogP contribution in [-0.4, -0.2) is 42.9 Å². The number of nitrogens with zero attached hydrogens (tertiary/aromatic N) is 5. The SMILES string of the molecule is COc1n[nH]c(NC(=O)Cn2cc([N+](=O)[O-])cn2)n1. The molecule has 0 aromatic carbocycles. The highest BCUT2D eigenvalue weighted by atomic mass is 16.6. The van der Waals surface area contributed by atoms with Crippen molar-refractivity contribution in [3.8, 4) is 6.01 Å². The summed E-state index contributed by atoms with van der Waals surface area (Å²) in [6.07, 6.45) is 2.21. The van der Waals surface area contributed by atoms with Gasteiger partial charge < -0.3 is 4.74 Å². The molecule has 19 heavy (non-hydrogen) atoms. The molecule has 0 aliphatic rings. The molecule has 0 fully saturated rings. The topological polar surface area (TPSA) is 141 Å². The summed E-state index contributed by atoms with van der Waals surface area (Å²) < 4.78 is 5.87. The monoisotopic (exact) mass is 267 g/mol. The molecule has 0 atom stereocenters. The first-order valence-electron chi connectivity index (χ1n) is 5.01. The second-order valence-corrected chi connectivity index (χ2v) is 3.37. The number of hydrogen-bond donors (Lipinski definition) is 2. The Morgan fingerprint density at radius 2 is 2.47 bits per heavy atom. The number of aromatic amines is 1. The van der Waals surface area contributed by atoms with E-state index < -0.39 is 10.8 Å². The first kappa shape index (κ1) is 12.5. The van der Waals surface area contributed by atoms with E-state index >= 15 is 0 Å². The van der Waals surface area contributed by atoms with Gasteiger partial charge in [0, 0.05) is 0 Å². The van der Waals surface area contributed by atoms with Crippen molar-refractivity contribution in [2.24, 2.45) is 0 Å². The number of methoxy groups -OCH3 is 1. The van der Waals surface area contributed by atoms with Gasteiger partial charge in [-0.3, -0.25) is 24.9 Å². The van der Waals surface area contributed by atoms with Crippen LogP contribution < -0.4 is 10.1 Å². The van der Waals surface area contributed by atoms with E-state index in [1.54, 1.807) is 0 Å². The Balaban J connectivity index is 1.95. The molecular weight excluding hydrogens is 258 g/mol. The number of amides is 1. The van der Waals surface area contributed by atoms with Crippen LogP contribution in [0.1, 0.15) is 0 Å². The minimum absolute atomic E-state index is 0.0880. The van der Waals surface area contributed by atoms with E-state index in [1.165, 1.54) is 7.11 Å². The van der Waals surface area contributed by atoms with Gasteiger partial charge in [0.1, 0.15) is 18.9 Å². The van der Waals surface area contributed by atoms with Crippen molar-refractivity contribution in [2.75, 3.05) is 12.4 Å². The number of anilines is 1. The number of ether oxygens (including phenoxy) is 1. The molecular formula is C8H9N7O4. The van der Waals surface area contributed by atoms with Gasteiger partial charge in [-0.15, -0.1) is 5.10 Å². The largest absolute Gasteiger partial charge is 0.466 e. The van der Waals surface area contributed by atoms with E-state index in [1.807, 2.05) is 0 Å². The quantitative estimate of drug-likeness (QED) is 0.552. The zero-order chi connectivity index (χ0) is 13.8. The molecule has 0 bridgehead atoms. The van der Waals surface area contributed by atoms with Crippen molar-refractivity contribution in [3.63, 3.8) is 0 Å². The van der Waals surface area contributed by atoms with E-state index in [9.17, 15) is 14.9 Å². The van der Waals surface area contributed by atoms with Crippen LogP contribution in [0, 0.1) is 10.1 Å². The highest BCUT2D eigenvalue weighted by molar-refractivity contribution is 5.88.